The molecule has 0 atom stereocenters. The molecule has 1 heterocycles. The molecule has 0 aliphatic heterocycles. The second-order valence-electron chi connectivity index (χ2n) is 4.70. The molecular weight excluding hydrogens is 208 g/mol. The van der Waals surface area contributed by atoms with E-state index in [1.165, 1.54) is 40.7 Å². The molecule has 0 spiro atoms. The van der Waals surface area contributed by atoms with Crippen molar-refractivity contribution in [1.82, 2.24) is 9.78 Å². The molecule has 0 N–H and O–H groups in total. The number of benzene rings is 1. The highest BCUT2D eigenvalue weighted by Crippen LogP contribution is 2.36. The topological polar surface area (TPSA) is 17.8 Å². The van der Waals surface area contributed by atoms with Gasteiger partial charge in [0.05, 0.1) is 6.20 Å². The predicted octanol–water partition coefficient (Wildman–Crippen LogP) is 3.44. The van der Waals surface area contributed by atoms with Gasteiger partial charge in [-0.05, 0) is 41.5 Å². The third-order valence-electron chi connectivity index (χ3n) is 3.44. The molecule has 0 saturated heterocycles. The highest BCUT2D eigenvalue weighted by atomic mass is 15.2. The van der Waals surface area contributed by atoms with Crippen molar-refractivity contribution in [3.63, 3.8) is 0 Å². The van der Waals surface area contributed by atoms with Crippen molar-refractivity contribution < 1.29 is 0 Å². The second kappa shape index (κ2) is 3.88. The minimum atomic E-state index is 1.12. The Morgan fingerprint density at radius 3 is 2.94 bits per heavy atom. The highest BCUT2D eigenvalue weighted by molar-refractivity contribution is 5.82. The Labute approximate surface area is 102 Å². The SMILES string of the molecule is C=C1CCCc2cccc(-c3cnn(C)c3)c21. The first-order valence-corrected chi connectivity index (χ1v) is 6.05. The third kappa shape index (κ3) is 1.70. The Morgan fingerprint density at radius 1 is 1.29 bits per heavy atom. The molecule has 0 saturated carbocycles. The maximum Gasteiger partial charge on any atom is 0.0568 e. The molecule has 3 rings (SSSR count). The minimum absolute atomic E-state index is 1.12. The monoisotopic (exact) mass is 224 g/mol. The number of hydrogen-bond donors (Lipinski definition) is 0. The van der Waals surface area contributed by atoms with Crippen LogP contribution in [0, 0.1) is 0 Å². The fourth-order valence-corrected chi connectivity index (χ4v) is 2.64. The van der Waals surface area contributed by atoms with Gasteiger partial charge in [-0.25, -0.2) is 0 Å². The van der Waals surface area contributed by atoms with Crippen LogP contribution in [0.1, 0.15) is 24.0 Å². The smallest absolute Gasteiger partial charge is 0.0568 e. The number of nitrogens with zero attached hydrogens (tertiary/aromatic N) is 2. The summed E-state index contributed by atoms with van der Waals surface area (Å²) >= 11 is 0. The van der Waals surface area contributed by atoms with E-state index in [1.807, 2.05) is 17.9 Å². The number of allylic oxidation sites excluding steroid dienone is 1. The van der Waals surface area contributed by atoms with E-state index in [1.54, 1.807) is 0 Å². The fraction of sp³-hybridized carbons (Fsp3) is 0.267. The first-order valence-electron chi connectivity index (χ1n) is 6.05. The molecule has 1 aliphatic rings. The molecular formula is C15H16N2. The maximum absolute atomic E-state index is 4.25. The van der Waals surface area contributed by atoms with Crippen LogP contribution in [0.4, 0.5) is 0 Å². The van der Waals surface area contributed by atoms with Gasteiger partial charge in [-0.15, -0.1) is 0 Å². The van der Waals surface area contributed by atoms with Crippen molar-refractivity contribution in [3.8, 4) is 11.1 Å². The van der Waals surface area contributed by atoms with Crippen LogP contribution in [0.25, 0.3) is 16.7 Å². The van der Waals surface area contributed by atoms with E-state index in [2.05, 4.69) is 36.1 Å². The zero-order valence-electron chi connectivity index (χ0n) is 10.1. The van der Waals surface area contributed by atoms with Crippen LogP contribution < -0.4 is 0 Å². The van der Waals surface area contributed by atoms with Gasteiger partial charge in [-0.2, -0.15) is 5.10 Å². The lowest BCUT2D eigenvalue weighted by Crippen LogP contribution is -2.02. The number of hydrogen-bond acceptors (Lipinski definition) is 1. The number of aromatic nitrogens is 2. The summed E-state index contributed by atoms with van der Waals surface area (Å²) < 4.78 is 1.85. The lowest BCUT2D eigenvalue weighted by molar-refractivity contribution is 0.768. The summed E-state index contributed by atoms with van der Waals surface area (Å²) in [5, 5.41) is 4.25. The first kappa shape index (κ1) is 10.3. The molecule has 2 nitrogen and oxygen atoms in total. The molecule has 1 aromatic carbocycles. The quantitative estimate of drug-likeness (QED) is 0.725. The zero-order chi connectivity index (χ0) is 11.8. The van der Waals surface area contributed by atoms with Crippen LogP contribution >= 0.6 is 0 Å². The van der Waals surface area contributed by atoms with Crippen molar-refractivity contribution in [2.45, 2.75) is 19.3 Å². The Bertz CT molecular complexity index is 578. The summed E-state index contributed by atoms with van der Waals surface area (Å²) in [5.74, 6) is 0. The van der Waals surface area contributed by atoms with Gasteiger partial charge in [-0.3, -0.25) is 4.68 Å². The van der Waals surface area contributed by atoms with E-state index in [0.29, 0.717) is 0 Å². The Balaban J connectivity index is 2.20. The maximum atomic E-state index is 4.25. The van der Waals surface area contributed by atoms with Crippen molar-refractivity contribution >= 4 is 5.57 Å². The lowest BCUT2D eigenvalue weighted by Gasteiger charge is -2.21. The van der Waals surface area contributed by atoms with Crippen molar-refractivity contribution in [3.05, 3.63) is 48.3 Å². The van der Waals surface area contributed by atoms with Gasteiger partial charge >= 0.3 is 0 Å². The Kier molecular flexibility index (Phi) is 2.36. The van der Waals surface area contributed by atoms with Crippen LogP contribution in [0.2, 0.25) is 0 Å². The van der Waals surface area contributed by atoms with Gasteiger partial charge in [0.25, 0.3) is 0 Å². The normalized spacial score (nSPS) is 14.8. The predicted molar refractivity (Wildman–Crippen MR) is 70.6 cm³/mol. The second-order valence-corrected chi connectivity index (χ2v) is 4.70. The van der Waals surface area contributed by atoms with Gasteiger partial charge in [0.2, 0.25) is 0 Å². The van der Waals surface area contributed by atoms with Crippen LogP contribution in [0.3, 0.4) is 0 Å². The van der Waals surface area contributed by atoms with Gasteiger partial charge in [0, 0.05) is 18.8 Å². The van der Waals surface area contributed by atoms with E-state index in [9.17, 15) is 0 Å². The molecule has 1 aromatic heterocycles. The number of rotatable bonds is 1. The fourth-order valence-electron chi connectivity index (χ4n) is 2.64. The standard InChI is InChI=1S/C15H16N2/c1-11-5-3-6-12-7-4-8-14(15(11)12)13-9-16-17(2)10-13/h4,7-10H,1,3,5-6H2,2H3. The van der Waals surface area contributed by atoms with Gasteiger partial charge in [0.15, 0.2) is 0 Å². The summed E-state index contributed by atoms with van der Waals surface area (Å²) in [7, 11) is 1.95. The average molecular weight is 224 g/mol. The molecule has 2 aromatic rings. The molecule has 0 radical (unpaired) electrons. The van der Waals surface area contributed by atoms with Gasteiger partial charge < -0.3 is 0 Å². The van der Waals surface area contributed by atoms with Crippen LogP contribution in [0.15, 0.2) is 37.2 Å². The van der Waals surface area contributed by atoms with Crippen molar-refractivity contribution in [2.24, 2.45) is 7.05 Å². The summed E-state index contributed by atoms with van der Waals surface area (Å²) in [6.45, 7) is 4.22. The largest absolute Gasteiger partial charge is 0.275 e. The molecule has 86 valence electrons. The Morgan fingerprint density at radius 2 is 2.18 bits per heavy atom. The van der Waals surface area contributed by atoms with E-state index in [0.717, 1.165) is 6.42 Å². The van der Waals surface area contributed by atoms with Gasteiger partial charge in [0.1, 0.15) is 0 Å². The van der Waals surface area contributed by atoms with E-state index in [4.69, 9.17) is 0 Å². The molecule has 0 unspecified atom stereocenters. The van der Waals surface area contributed by atoms with Crippen molar-refractivity contribution in [1.29, 1.82) is 0 Å². The third-order valence-corrected chi connectivity index (χ3v) is 3.44. The summed E-state index contributed by atoms with van der Waals surface area (Å²) in [6, 6.07) is 6.53. The minimum Gasteiger partial charge on any atom is -0.275 e. The highest BCUT2D eigenvalue weighted by Gasteiger charge is 2.17. The van der Waals surface area contributed by atoms with Crippen LogP contribution in [-0.2, 0) is 13.5 Å². The summed E-state index contributed by atoms with van der Waals surface area (Å²) in [5.41, 5.74) is 6.52. The van der Waals surface area contributed by atoms with E-state index >= 15 is 0 Å². The average Bonchev–Trinajstić information content (AvgIpc) is 2.75. The summed E-state index contributed by atoms with van der Waals surface area (Å²) in [6.07, 6.45) is 7.50. The number of aryl methyl sites for hydroxylation is 2. The van der Waals surface area contributed by atoms with Gasteiger partial charge in [-0.1, -0.05) is 24.8 Å². The molecule has 0 amide bonds. The Hall–Kier alpha value is -1.83. The summed E-state index contributed by atoms with van der Waals surface area (Å²) in [4.78, 5) is 0. The zero-order valence-corrected chi connectivity index (χ0v) is 10.1. The van der Waals surface area contributed by atoms with E-state index in [-0.39, 0.29) is 0 Å². The first-order chi connectivity index (χ1) is 8.25. The van der Waals surface area contributed by atoms with Crippen LogP contribution in [0.5, 0.6) is 0 Å². The molecule has 17 heavy (non-hydrogen) atoms. The molecule has 0 fully saturated rings. The molecule has 2 heteroatoms. The van der Waals surface area contributed by atoms with Crippen molar-refractivity contribution in [2.75, 3.05) is 0 Å². The molecule has 0 bridgehead atoms. The molecule has 1 aliphatic carbocycles. The van der Waals surface area contributed by atoms with E-state index < -0.39 is 0 Å². The number of fused-ring (bicyclic) bond motifs is 1. The van der Waals surface area contributed by atoms with Crippen LogP contribution in [-0.4, -0.2) is 9.78 Å². The lowest BCUT2D eigenvalue weighted by atomic mass is 9.84.